The van der Waals surface area contributed by atoms with Gasteiger partial charge >= 0.3 is 6.18 Å². The van der Waals surface area contributed by atoms with E-state index < -0.39 is 17.8 Å². The highest BCUT2D eigenvalue weighted by atomic mass is 19.4. The number of carbonyl (C=O) groups excluding carboxylic acids is 1. The summed E-state index contributed by atoms with van der Waals surface area (Å²) in [6, 6.07) is 15.9. The Hall–Kier alpha value is -3.59. The quantitative estimate of drug-likeness (QED) is 0.408. The van der Waals surface area contributed by atoms with E-state index in [1.165, 1.54) is 7.11 Å². The minimum absolute atomic E-state index is 0.00267. The summed E-state index contributed by atoms with van der Waals surface area (Å²) in [6.07, 6.45) is -4.67. The highest BCUT2D eigenvalue weighted by molar-refractivity contribution is 5.94. The Labute approximate surface area is 202 Å². The molecule has 1 heterocycles. The number of nitrogens with zero attached hydrogens (tertiary/aromatic N) is 1. The minimum atomic E-state index is -4.47. The first-order valence-corrected chi connectivity index (χ1v) is 10.8. The third-order valence-electron chi connectivity index (χ3n) is 5.02. The van der Waals surface area contributed by atoms with E-state index in [4.69, 9.17) is 14.2 Å². The van der Waals surface area contributed by atoms with Crippen molar-refractivity contribution in [3.63, 3.8) is 0 Å². The van der Waals surface area contributed by atoms with Crippen molar-refractivity contribution >= 4 is 11.6 Å². The summed E-state index contributed by atoms with van der Waals surface area (Å²) in [4.78, 5) is 16.4. The van der Waals surface area contributed by atoms with E-state index >= 15 is 0 Å². The van der Waals surface area contributed by atoms with Crippen LogP contribution in [0.25, 0.3) is 0 Å². The van der Waals surface area contributed by atoms with E-state index in [1.54, 1.807) is 24.3 Å². The molecule has 35 heavy (non-hydrogen) atoms. The summed E-state index contributed by atoms with van der Waals surface area (Å²) in [5.41, 5.74) is 0.929. The largest absolute Gasteiger partial charge is 0.478 e. The number of hydrogen-bond donors (Lipinski definition) is 1. The summed E-state index contributed by atoms with van der Waals surface area (Å²) >= 11 is 0. The lowest BCUT2D eigenvalue weighted by molar-refractivity contribution is -0.137. The van der Waals surface area contributed by atoms with Crippen LogP contribution in [0.5, 0.6) is 17.4 Å². The molecule has 2 aromatic carbocycles. The molecule has 1 N–H and O–H groups in total. The van der Waals surface area contributed by atoms with Gasteiger partial charge in [-0.3, -0.25) is 4.79 Å². The standard InChI is InChI=1S/C26H27F3N2O4/c1-25(2,3)17-5-8-19(9-6-17)31-24(32)22(16-33-4)34-20-10-12-21(13-11-20)35-23-14-7-18(15-30-23)26(27,28)29/h5-15,22H,16H2,1-4H3,(H,31,32). The average molecular weight is 489 g/mol. The Morgan fingerprint density at radius 3 is 2.03 bits per heavy atom. The van der Waals surface area contributed by atoms with Crippen molar-refractivity contribution in [2.45, 2.75) is 38.5 Å². The number of alkyl halides is 3. The zero-order valence-corrected chi connectivity index (χ0v) is 19.8. The van der Waals surface area contributed by atoms with Crippen LogP contribution in [0.2, 0.25) is 0 Å². The summed E-state index contributed by atoms with van der Waals surface area (Å²) in [5, 5.41) is 2.83. The predicted molar refractivity (Wildman–Crippen MR) is 126 cm³/mol. The zero-order chi connectivity index (χ0) is 25.6. The molecule has 0 fully saturated rings. The molecule has 1 amide bonds. The molecule has 186 valence electrons. The predicted octanol–water partition coefficient (Wildman–Crippen LogP) is 6.22. The van der Waals surface area contributed by atoms with Crippen LogP contribution in [0.1, 0.15) is 31.9 Å². The van der Waals surface area contributed by atoms with Gasteiger partial charge in [-0.25, -0.2) is 4.98 Å². The van der Waals surface area contributed by atoms with E-state index in [1.807, 2.05) is 24.3 Å². The summed E-state index contributed by atoms with van der Waals surface area (Å²) < 4.78 is 54.4. The molecule has 6 nitrogen and oxygen atoms in total. The lowest BCUT2D eigenvalue weighted by atomic mass is 9.87. The number of methoxy groups -OCH3 is 1. The second-order valence-electron chi connectivity index (χ2n) is 8.83. The number of benzene rings is 2. The van der Waals surface area contributed by atoms with Crippen LogP contribution in [0.4, 0.5) is 18.9 Å². The monoisotopic (exact) mass is 488 g/mol. The minimum Gasteiger partial charge on any atom is -0.478 e. The molecular formula is C26H27F3N2O4. The maximum atomic E-state index is 12.8. The van der Waals surface area contributed by atoms with E-state index in [2.05, 4.69) is 31.1 Å². The molecule has 0 radical (unpaired) electrons. The van der Waals surface area contributed by atoms with Gasteiger partial charge in [0.05, 0.1) is 12.2 Å². The first kappa shape index (κ1) is 26.0. The zero-order valence-electron chi connectivity index (χ0n) is 19.8. The number of amides is 1. The Kier molecular flexibility index (Phi) is 8.01. The molecule has 0 aliphatic carbocycles. The van der Waals surface area contributed by atoms with E-state index in [0.29, 0.717) is 23.4 Å². The van der Waals surface area contributed by atoms with Gasteiger partial charge in [0.1, 0.15) is 11.5 Å². The van der Waals surface area contributed by atoms with Gasteiger partial charge in [0.15, 0.2) is 6.10 Å². The Balaban J connectivity index is 1.62. The van der Waals surface area contributed by atoms with Gasteiger partial charge in [0, 0.05) is 25.1 Å². The van der Waals surface area contributed by atoms with Gasteiger partial charge in [0.2, 0.25) is 5.88 Å². The molecular weight excluding hydrogens is 461 g/mol. The number of ether oxygens (including phenoxy) is 3. The van der Waals surface area contributed by atoms with Crippen LogP contribution >= 0.6 is 0 Å². The van der Waals surface area contributed by atoms with Crippen LogP contribution in [0, 0.1) is 0 Å². The van der Waals surface area contributed by atoms with Gasteiger partial charge in [-0.1, -0.05) is 32.9 Å². The fourth-order valence-corrected chi connectivity index (χ4v) is 3.07. The molecule has 1 aromatic heterocycles. The molecule has 1 unspecified atom stereocenters. The van der Waals surface area contributed by atoms with Gasteiger partial charge in [0.25, 0.3) is 5.91 Å². The normalized spacial score (nSPS) is 12.7. The number of rotatable bonds is 8. The van der Waals surface area contributed by atoms with E-state index in [-0.39, 0.29) is 23.8 Å². The molecule has 0 spiro atoms. The third kappa shape index (κ3) is 7.45. The molecule has 0 aliphatic rings. The summed E-state index contributed by atoms with van der Waals surface area (Å²) in [7, 11) is 1.47. The number of aromatic nitrogens is 1. The molecule has 3 rings (SSSR count). The fourth-order valence-electron chi connectivity index (χ4n) is 3.07. The number of anilines is 1. The maximum Gasteiger partial charge on any atom is 0.417 e. The van der Waals surface area contributed by atoms with Crippen molar-refractivity contribution in [3.8, 4) is 17.4 Å². The molecule has 1 atom stereocenters. The number of nitrogens with one attached hydrogen (secondary N) is 1. The number of halogens is 3. The van der Waals surface area contributed by atoms with Crippen LogP contribution in [-0.2, 0) is 21.1 Å². The fraction of sp³-hybridized carbons (Fsp3) is 0.308. The number of carbonyl (C=O) groups is 1. The maximum absolute atomic E-state index is 12.8. The van der Waals surface area contributed by atoms with Crippen molar-refractivity contribution in [2.24, 2.45) is 0 Å². The SMILES string of the molecule is COCC(Oc1ccc(Oc2ccc(C(F)(F)F)cn2)cc1)C(=O)Nc1ccc(C(C)(C)C)cc1. The average Bonchev–Trinajstić information content (AvgIpc) is 2.79. The Morgan fingerprint density at radius 2 is 1.51 bits per heavy atom. The highest BCUT2D eigenvalue weighted by Crippen LogP contribution is 2.30. The first-order valence-electron chi connectivity index (χ1n) is 10.8. The molecule has 0 saturated heterocycles. The lowest BCUT2D eigenvalue weighted by Gasteiger charge is -2.20. The van der Waals surface area contributed by atoms with Crippen LogP contribution < -0.4 is 14.8 Å². The number of hydrogen-bond acceptors (Lipinski definition) is 5. The molecule has 9 heteroatoms. The third-order valence-corrected chi connectivity index (χ3v) is 5.02. The molecule has 0 saturated carbocycles. The second-order valence-corrected chi connectivity index (χ2v) is 8.83. The molecule has 0 aliphatic heterocycles. The molecule has 3 aromatic rings. The van der Waals surface area contributed by atoms with Gasteiger partial charge in [-0.2, -0.15) is 13.2 Å². The van der Waals surface area contributed by atoms with Crippen molar-refractivity contribution in [1.82, 2.24) is 4.98 Å². The topological polar surface area (TPSA) is 69.7 Å². The summed E-state index contributed by atoms with van der Waals surface area (Å²) in [6.45, 7) is 6.36. The number of pyridine rings is 1. The lowest BCUT2D eigenvalue weighted by Crippen LogP contribution is -2.36. The Morgan fingerprint density at radius 1 is 0.914 bits per heavy atom. The van der Waals surface area contributed by atoms with Gasteiger partial charge in [-0.15, -0.1) is 0 Å². The van der Waals surface area contributed by atoms with Gasteiger partial charge in [-0.05, 0) is 53.4 Å². The van der Waals surface area contributed by atoms with Crippen molar-refractivity contribution in [2.75, 3.05) is 19.0 Å². The first-order chi connectivity index (χ1) is 16.5. The highest BCUT2D eigenvalue weighted by Gasteiger charge is 2.30. The smallest absolute Gasteiger partial charge is 0.417 e. The Bertz CT molecular complexity index is 1110. The van der Waals surface area contributed by atoms with Crippen molar-refractivity contribution in [1.29, 1.82) is 0 Å². The van der Waals surface area contributed by atoms with Crippen LogP contribution in [0.3, 0.4) is 0 Å². The van der Waals surface area contributed by atoms with E-state index in [9.17, 15) is 18.0 Å². The van der Waals surface area contributed by atoms with E-state index in [0.717, 1.165) is 17.7 Å². The van der Waals surface area contributed by atoms with Crippen LogP contribution in [-0.4, -0.2) is 30.7 Å². The summed E-state index contributed by atoms with van der Waals surface area (Å²) in [5.74, 6) is 0.375. The van der Waals surface area contributed by atoms with Crippen molar-refractivity contribution < 1.29 is 32.2 Å². The van der Waals surface area contributed by atoms with Gasteiger partial charge < -0.3 is 19.5 Å². The van der Waals surface area contributed by atoms with Crippen LogP contribution in [0.15, 0.2) is 66.9 Å². The van der Waals surface area contributed by atoms with Crippen molar-refractivity contribution in [3.05, 3.63) is 78.0 Å². The molecule has 0 bridgehead atoms. The second kappa shape index (κ2) is 10.8.